The first kappa shape index (κ1) is 13.0. The van der Waals surface area contributed by atoms with Gasteiger partial charge in [0.2, 0.25) is 0 Å². The van der Waals surface area contributed by atoms with Gasteiger partial charge in [-0.05, 0) is 13.8 Å². The van der Waals surface area contributed by atoms with Crippen LogP contribution in [0.15, 0.2) is 24.9 Å². The summed E-state index contributed by atoms with van der Waals surface area (Å²) in [5, 5.41) is 13.1. The predicted octanol–water partition coefficient (Wildman–Crippen LogP) is 1.21. The highest BCUT2D eigenvalue weighted by molar-refractivity contribution is 5.88. The van der Waals surface area contributed by atoms with Gasteiger partial charge in [0.15, 0.2) is 5.75 Å². The van der Waals surface area contributed by atoms with Crippen LogP contribution >= 0.6 is 0 Å². The Morgan fingerprint density at radius 1 is 1.47 bits per heavy atom. The number of ether oxygens (including phenoxy) is 1. The number of carbonyl (C=O) groups is 1. The fraction of sp³-hybridized carbons (Fsp3) is 0.333. The smallest absolute Gasteiger partial charge is 0.339 e. The van der Waals surface area contributed by atoms with Crippen molar-refractivity contribution in [1.82, 2.24) is 19.7 Å². The Morgan fingerprint density at radius 2 is 2.26 bits per heavy atom. The molecule has 0 radical (unpaired) electrons. The second kappa shape index (κ2) is 5.47. The molecule has 0 aliphatic rings. The van der Waals surface area contributed by atoms with Crippen molar-refractivity contribution >= 4 is 5.97 Å². The highest BCUT2D eigenvalue weighted by atomic mass is 16.5. The van der Waals surface area contributed by atoms with Gasteiger partial charge in [0.25, 0.3) is 0 Å². The van der Waals surface area contributed by atoms with Crippen LogP contribution in [-0.2, 0) is 6.54 Å². The van der Waals surface area contributed by atoms with Gasteiger partial charge in [-0.3, -0.25) is 4.68 Å². The van der Waals surface area contributed by atoms with E-state index < -0.39 is 5.97 Å². The molecule has 0 aromatic carbocycles. The number of hydrogen-bond acceptors (Lipinski definition) is 5. The number of aromatic carboxylic acids is 1. The summed E-state index contributed by atoms with van der Waals surface area (Å²) in [7, 11) is 0. The summed E-state index contributed by atoms with van der Waals surface area (Å²) in [5.74, 6) is -0.414. The fourth-order valence-electron chi connectivity index (χ4n) is 1.58. The van der Waals surface area contributed by atoms with E-state index in [9.17, 15) is 4.79 Å². The van der Waals surface area contributed by atoms with Gasteiger partial charge >= 0.3 is 5.97 Å². The van der Waals surface area contributed by atoms with E-state index in [1.165, 1.54) is 12.5 Å². The summed E-state index contributed by atoms with van der Waals surface area (Å²) < 4.78 is 7.05. The lowest BCUT2D eigenvalue weighted by Crippen LogP contribution is -2.10. The monoisotopic (exact) mass is 262 g/mol. The van der Waals surface area contributed by atoms with Crippen molar-refractivity contribution < 1.29 is 14.6 Å². The lowest BCUT2D eigenvalue weighted by Gasteiger charge is -2.06. The van der Waals surface area contributed by atoms with E-state index in [1.54, 1.807) is 17.1 Å². The molecule has 0 amide bonds. The molecule has 2 heterocycles. The van der Waals surface area contributed by atoms with Gasteiger partial charge in [-0.1, -0.05) is 0 Å². The molecule has 2 aromatic heterocycles. The van der Waals surface area contributed by atoms with Crippen LogP contribution < -0.4 is 4.74 Å². The zero-order valence-corrected chi connectivity index (χ0v) is 10.6. The second-order valence-corrected chi connectivity index (χ2v) is 4.23. The Morgan fingerprint density at radius 3 is 2.95 bits per heavy atom. The highest BCUT2D eigenvalue weighted by Gasteiger charge is 2.12. The predicted molar refractivity (Wildman–Crippen MR) is 66.1 cm³/mol. The average Bonchev–Trinajstić information content (AvgIpc) is 2.76. The minimum Gasteiger partial charge on any atom is -0.488 e. The molecule has 19 heavy (non-hydrogen) atoms. The number of hydrogen-bond donors (Lipinski definition) is 1. The van der Waals surface area contributed by atoms with E-state index in [2.05, 4.69) is 15.1 Å². The molecule has 100 valence electrons. The zero-order valence-electron chi connectivity index (χ0n) is 10.6. The summed E-state index contributed by atoms with van der Waals surface area (Å²) in [5.41, 5.74) is 0.478. The number of aromatic nitrogens is 4. The van der Waals surface area contributed by atoms with Crippen molar-refractivity contribution in [2.24, 2.45) is 0 Å². The molecule has 0 fully saturated rings. The molecule has 0 atom stereocenters. The third-order valence-corrected chi connectivity index (χ3v) is 2.32. The van der Waals surface area contributed by atoms with Crippen molar-refractivity contribution in [2.45, 2.75) is 26.5 Å². The van der Waals surface area contributed by atoms with E-state index in [0.29, 0.717) is 11.4 Å². The Labute approximate surface area is 109 Å². The summed E-state index contributed by atoms with van der Waals surface area (Å²) >= 11 is 0. The van der Waals surface area contributed by atoms with Gasteiger partial charge < -0.3 is 9.84 Å². The Kier molecular flexibility index (Phi) is 3.74. The molecule has 0 saturated carbocycles. The highest BCUT2D eigenvalue weighted by Crippen LogP contribution is 2.12. The number of carboxylic acids is 1. The molecule has 7 heteroatoms. The van der Waals surface area contributed by atoms with E-state index >= 15 is 0 Å². The van der Waals surface area contributed by atoms with Crippen molar-refractivity contribution in [3.63, 3.8) is 0 Å². The molecule has 0 unspecified atom stereocenters. The molecular formula is C12H14N4O3. The van der Waals surface area contributed by atoms with Gasteiger partial charge in [-0.2, -0.15) is 5.10 Å². The van der Waals surface area contributed by atoms with E-state index in [0.717, 1.165) is 0 Å². The van der Waals surface area contributed by atoms with Crippen LogP contribution in [0.5, 0.6) is 5.75 Å². The second-order valence-electron chi connectivity index (χ2n) is 4.23. The molecule has 1 N–H and O–H groups in total. The summed E-state index contributed by atoms with van der Waals surface area (Å²) in [6, 6.07) is 0. The van der Waals surface area contributed by atoms with Crippen molar-refractivity contribution in [3.8, 4) is 5.75 Å². The van der Waals surface area contributed by atoms with Crippen molar-refractivity contribution in [2.75, 3.05) is 0 Å². The molecule has 0 aliphatic carbocycles. The maximum absolute atomic E-state index is 11.0. The molecule has 0 saturated heterocycles. The van der Waals surface area contributed by atoms with E-state index in [1.807, 2.05) is 13.8 Å². The molecule has 0 spiro atoms. The van der Waals surface area contributed by atoms with Crippen LogP contribution in [0, 0.1) is 0 Å². The van der Waals surface area contributed by atoms with E-state index in [4.69, 9.17) is 9.84 Å². The lowest BCUT2D eigenvalue weighted by molar-refractivity contribution is 0.0694. The molecule has 2 aromatic rings. The van der Waals surface area contributed by atoms with Crippen molar-refractivity contribution in [3.05, 3.63) is 36.2 Å². The molecule has 2 rings (SSSR count). The first-order valence-electron chi connectivity index (χ1n) is 5.77. The quantitative estimate of drug-likeness (QED) is 0.870. The van der Waals surface area contributed by atoms with Gasteiger partial charge in [0, 0.05) is 6.20 Å². The molecule has 0 bridgehead atoms. The summed E-state index contributed by atoms with van der Waals surface area (Å²) in [6.07, 6.45) is 5.94. The maximum atomic E-state index is 11.0. The third-order valence-electron chi connectivity index (χ3n) is 2.32. The lowest BCUT2D eigenvalue weighted by atomic mass is 10.2. The standard InChI is InChI=1S/C12H14N4O3/c1-8(2)19-9-3-15-16(5-9)6-11-10(12(17)18)4-13-7-14-11/h3-5,7-8H,6H2,1-2H3,(H,17,18). The van der Waals surface area contributed by atoms with Gasteiger partial charge in [-0.25, -0.2) is 14.8 Å². The Bertz CT molecular complexity index is 580. The SMILES string of the molecule is CC(C)Oc1cnn(Cc2ncncc2C(=O)O)c1. The molecule has 0 aliphatic heterocycles. The minimum absolute atomic E-state index is 0.0614. The average molecular weight is 262 g/mol. The van der Waals surface area contributed by atoms with Crippen LogP contribution in [0.1, 0.15) is 29.9 Å². The summed E-state index contributed by atoms with van der Waals surface area (Å²) in [6.45, 7) is 4.10. The fourth-order valence-corrected chi connectivity index (χ4v) is 1.58. The van der Waals surface area contributed by atoms with Gasteiger partial charge in [0.1, 0.15) is 11.9 Å². The van der Waals surface area contributed by atoms with Crippen molar-refractivity contribution in [1.29, 1.82) is 0 Å². The number of rotatable bonds is 5. The third kappa shape index (κ3) is 3.27. The van der Waals surface area contributed by atoms with Crippen LogP contribution in [0.25, 0.3) is 0 Å². The van der Waals surface area contributed by atoms with Gasteiger partial charge in [-0.15, -0.1) is 0 Å². The molecule has 7 nitrogen and oxygen atoms in total. The maximum Gasteiger partial charge on any atom is 0.339 e. The van der Waals surface area contributed by atoms with E-state index in [-0.39, 0.29) is 18.2 Å². The Balaban J connectivity index is 2.17. The first-order chi connectivity index (χ1) is 9.06. The minimum atomic E-state index is -1.05. The largest absolute Gasteiger partial charge is 0.488 e. The van der Waals surface area contributed by atoms with Crippen LogP contribution in [0.2, 0.25) is 0 Å². The van der Waals surface area contributed by atoms with Crippen LogP contribution in [0.4, 0.5) is 0 Å². The number of nitrogens with zero attached hydrogens (tertiary/aromatic N) is 4. The van der Waals surface area contributed by atoms with Crippen LogP contribution in [-0.4, -0.2) is 36.9 Å². The Hall–Kier alpha value is -2.44. The number of carboxylic acid groups (broad SMARTS) is 1. The first-order valence-corrected chi connectivity index (χ1v) is 5.77. The topological polar surface area (TPSA) is 90.1 Å². The summed E-state index contributed by atoms with van der Waals surface area (Å²) in [4.78, 5) is 18.7. The zero-order chi connectivity index (χ0) is 13.8. The normalized spacial score (nSPS) is 10.7. The van der Waals surface area contributed by atoms with Gasteiger partial charge in [0.05, 0.1) is 30.7 Å². The molecular weight excluding hydrogens is 248 g/mol. The van der Waals surface area contributed by atoms with Crippen LogP contribution in [0.3, 0.4) is 0 Å².